The summed E-state index contributed by atoms with van der Waals surface area (Å²) in [4.78, 5) is 4.91. The molecule has 1 N–H and O–H groups in total. The molecule has 2 aromatic rings. The third-order valence-electron chi connectivity index (χ3n) is 2.70. The van der Waals surface area contributed by atoms with Gasteiger partial charge in [-0.2, -0.15) is 0 Å². The minimum atomic E-state index is -0.760. The number of hydrogen-bond acceptors (Lipinski definition) is 5. The Morgan fingerprint density at radius 1 is 1.40 bits per heavy atom. The van der Waals surface area contributed by atoms with Crippen molar-refractivity contribution >= 4 is 28.6 Å². The molecule has 4 nitrogen and oxygen atoms in total. The highest BCUT2D eigenvalue weighted by molar-refractivity contribution is 7.15. The van der Waals surface area contributed by atoms with E-state index in [1.54, 1.807) is 18.3 Å². The number of thiazole rings is 1. The smallest absolute Gasteiger partial charge is 0.187 e. The lowest BCUT2D eigenvalue weighted by atomic mass is 10.1. The third-order valence-corrected chi connectivity index (χ3v) is 3.81. The number of halogens is 2. The molecule has 0 bridgehead atoms. The molecule has 0 atom stereocenters. The molecular formula is C13H14ClFN2O2S. The van der Waals surface area contributed by atoms with Gasteiger partial charge in [-0.05, 0) is 12.1 Å². The van der Waals surface area contributed by atoms with E-state index in [0.29, 0.717) is 22.3 Å². The number of anilines is 1. The molecule has 0 aliphatic carbocycles. The van der Waals surface area contributed by atoms with Crippen molar-refractivity contribution in [3.8, 4) is 0 Å². The number of hydrogen-bond donors (Lipinski definition) is 1. The van der Waals surface area contributed by atoms with Crippen molar-refractivity contribution in [3.05, 3.63) is 45.1 Å². The monoisotopic (exact) mass is 316 g/mol. The van der Waals surface area contributed by atoms with Gasteiger partial charge in [-0.1, -0.05) is 17.7 Å². The minimum Gasteiger partial charge on any atom is -0.380 e. The lowest BCUT2D eigenvalue weighted by Crippen LogP contribution is -2.11. The van der Waals surface area contributed by atoms with Crippen LogP contribution in [0.3, 0.4) is 0 Å². The van der Waals surface area contributed by atoms with E-state index in [9.17, 15) is 4.39 Å². The first-order valence-corrected chi connectivity index (χ1v) is 7.03. The zero-order valence-electron chi connectivity index (χ0n) is 11.0. The minimum absolute atomic E-state index is 0.341. The zero-order chi connectivity index (χ0) is 14.5. The predicted octanol–water partition coefficient (Wildman–Crippen LogP) is 3.84. The summed E-state index contributed by atoms with van der Waals surface area (Å²) in [6.07, 6.45) is 0.923. The van der Waals surface area contributed by atoms with E-state index >= 15 is 0 Å². The van der Waals surface area contributed by atoms with Gasteiger partial charge in [-0.25, -0.2) is 9.37 Å². The van der Waals surface area contributed by atoms with Crippen LogP contribution in [-0.4, -0.2) is 19.2 Å². The van der Waals surface area contributed by atoms with Gasteiger partial charge < -0.3 is 14.8 Å². The van der Waals surface area contributed by atoms with Gasteiger partial charge in [0.2, 0.25) is 0 Å². The zero-order valence-corrected chi connectivity index (χ0v) is 12.6. The standard InChI is InChI=1S/C13H14ClFN2O2S/c1-18-12(19-2)11-9(15)4-3-5-10(11)16-6-8-7-17-13(14)20-8/h3-5,7,12,16H,6H2,1-2H3. The fourth-order valence-corrected chi connectivity index (χ4v) is 2.73. The van der Waals surface area contributed by atoms with Crippen LogP contribution in [0.4, 0.5) is 10.1 Å². The van der Waals surface area contributed by atoms with Gasteiger partial charge in [0, 0.05) is 31.0 Å². The molecular weight excluding hydrogens is 303 g/mol. The summed E-state index contributed by atoms with van der Waals surface area (Å²) in [6, 6.07) is 4.77. The first kappa shape index (κ1) is 15.2. The lowest BCUT2D eigenvalue weighted by Gasteiger charge is -2.19. The predicted molar refractivity (Wildman–Crippen MR) is 77.6 cm³/mol. The molecule has 2 rings (SSSR count). The van der Waals surface area contributed by atoms with Gasteiger partial charge in [0.25, 0.3) is 0 Å². The van der Waals surface area contributed by atoms with Crippen LogP contribution in [0.2, 0.25) is 4.47 Å². The molecule has 0 amide bonds. The molecule has 0 saturated heterocycles. The topological polar surface area (TPSA) is 43.4 Å². The highest BCUT2D eigenvalue weighted by Crippen LogP contribution is 2.29. The van der Waals surface area contributed by atoms with Crippen LogP contribution < -0.4 is 5.32 Å². The van der Waals surface area contributed by atoms with E-state index in [1.165, 1.54) is 31.6 Å². The Hall–Kier alpha value is -1.21. The summed E-state index contributed by atoms with van der Waals surface area (Å²) < 4.78 is 24.7. The Kier molecular flexibility index (Phi) is 5.31. The molecule has 0 aliphatic rings. The summed E-state index contributed by atoms with van der Waals surface area (Å²) in [6.45, 7) is 0.501. The molecule has 0 aliphatic heterocycles. The SMILES string of the molecule is COC(OC)c1c(F)cccc1NCc1cnc(Cl)s1. The quantitative estimate of drug-likeness (QED) is 0.822. The molecule has 0 spiro atoms. The van der Waals surface area contributed by atoms with Gasteiger partial charge in [-0.15, -0.1) is 11.3 Å². The van der Waals surface area contributed by atoms with Crippen molar-refractivity contribution in [1.82, 2.24) is 4.98 Å². The summed E-state index contributed by atoms with van der Waals surface area (Å²) in [5.41, 5.74) is 0.955. The van der Waals surface area contributed by atoms with Gasteiger partial charge in [-0.3, -0.25) is 0 Å². The Balaban J connectivity index is 2.20. The number of rotatable bonds is 6. The average molecular weight is 317 g/mol. The number of nitrogens with zero attached hydrogens (tertiary/aromatic N) is 1. The van der Waals surface area contributed by atoms with Crippen LogP contribution in [0.1, 0.15) is 16.7 Å². The van der Waals surface area contributed by atoms with Crippen LogP contribution in [0.15, 0.2) is 24.4 Å². The molecule has 20 heavy (non-hydrogen) atoms. The Labute approximate surface area is 125 Å². The Morgan fingerprint density at radius 3 is 2.75 bits per heavy atom. The van der Waals surface area contributed by atoms with E-state index in [2.05, 4.69) is 10.3 Å². The van der Waals surface area contributed by atoms with E-state index in [4.69, 9.17) is 21.1 Å². The largest absolute Gasteiger partial charge is 0.380 e. The maximum absolute atomic E-state index is 14.0. The third kappa shape index (κ3) is 3.46. The van der Waals surface area contributed by atoms with Crippen LogP contribution in [0, 0.1) is 5.82 Å². The average Bonchev–Trinajstić information content (AvgIpc) is 2.86. The molecule has 7 heteroatoms. The summed E-state index contributed by atoms with van der Waals surface area (Å²) in [7, 11) is 2.93. The van der Waals surface area contributed by atoms with E-state index in [1.807, 2.05) is 0 Å². The Morgan fingerprint density at radius 2 is 2.15 bits per heavy atom. The normalized spacial score (nSPS) is 11.1. The van der Waals surface area contributed by atoms with Crippen molar-refractivity contribution in [2.45, 2.75) is 12.8 Å². The number of methoxy groups -OCH3 is 2. The van der Waals surface area contributed by atoms with Crippen LogP contribution in [0.5, 0.6) is 0 Å². The molecule has 0 radical (unpaired) electrons. The van der Waals surface area contributed by atoms with Crippen molar-refractivity contribution in [2.24, 2.45) is 0 Å². The molecule has 108 valence electrons. The van der Waals surface area contributed by atoms with Crippen LogP contribution in [0.25, 0.3) is 0 Å². The Bertz CT molecular complexity index is 575. The lowest BCUT2D eigenvalue weighted by molar-refractivity contribution is -0.107. The van der Waals surface area contributed by atoms with Crippen molar-refractivity contribution in [2.75, 3.05) is 19.5 Å². The second-order valence-corrected chi connectivity index (χ2v) is 5.63. The van der Waals surface area contributed by atoms with Crippen molar-refractivity contribution in [3.63, 3.8) is 0 Å². The number of aromatic nitrogens is 1. The van der Waals surface area contributed by atoms with E-state index < -0.39 is 6.29 Å². The maximum Gasteiger partial charge on any atom is 0.187 e. The van der Waals surface area contributed by atoms with E-state index in [0.717, 1.165) is 4.88 Å². The van der Waals surface area contributed by atoms with Crippen LogP contribution >= 0.6 is 22.9 Å². The molecule has 0 fully saturated rings. The highest BCUT2D eigenvalue weighted by Gasteiger charge is 2.18. The first-order chi connectivity index (χ1) is 9.65. The fraction of sp³-hybridized carbons (Fsp3) is 0.308. The van der Waals surface area contributed by atoms with Crippen LogP contribution in [-0.2, 0) is 16.0 Å². The number of nitrogens with one attached hydrogen (secondary N) is 1. The molecule has 0 unspecified atom stereocenters. The van der Waals surface area contributed by atoms with Crippen molar-refractivity contribution < 1.29 is 13.9 Å². The number of ether oxygens (including phenoxy) is 2. The van der Waals surface area contributed by atoms with Gasteiger partial charge >= 0.3 is 0 Å². The van der Waals surface area contributed by atoms with Gasteiger partial charge in [0.1, 0.15) is 5.82 Å². The maximum atomic E-state index is 14.0. The second kappa shape index (κ2) is 6.99. The molecule has 1 heterocycles. The highest BCUT2D eigenvalue weighted by atomic mass is 35.5. The summed E-state index contributed by atoms with van der Waals surface area (Å²) in [5, 5.41) is 3.14. The van der Waals surface area contributed by atoms with Gasteiger partial charge in [0.15, 0.2) is 10.8 Å². The summed E-state index contributed by atoms with van der Waals surface area (Å²) >= 11 is 7.15. The second-order valence-electron chi connectivity index (χ2n) is 3.94. The summed E-state index contributed by atoms with van der Waals surface area (Å²) in [5.74, 6) is -0.383. The van der Waals surface area contributed by atoms with E-state index in [-0.39, 0.29) is 5.82 Å². The van der Waals surface area contributed by atoms with Crippen molar-refractivity contribution in [1.29, 1.82) is 0 Å². The molecule has 0 saturated carbocycles. The molecule has 1 aromatic heterocycles. The fourth-order valence-electron chi connectivity index (χ4n) is 1.81. The molecule has 1 aromatic carbocycles. The van der Waals surface area contributed by atoms with Gasteiger partial charge in [0.05, 0.1) is 12.1 Å². The first-order valence-electron chi connectivity index (χ1n) is 5.83. The number of benzene rings is 1.